The Hall–Kier alpha value is -0.750. The Balaban J connectivity index is 2.10. The smallest absolute Gasteiger partial charge is 0.287 e. The van der Waals surface area contributed by atoms with Crippen molar-refractivity contribution < 1.29 is 9.66 Å². The lowest BCUT2D eigenvalue weighted by molar-refractivity contribution is -0.385. The van der Waals surface area contributed by atoms with Crippen LogP contribution < -0.4 is 4.74 Å². The number of hydrogen-bond acceptors (Lipinski definition) is 4. The van der Waals surface area contributed by atoms with Crippen molar-refractivity contribution in [3.63, 3.8) is 0 Å². The maximum absolute atomic E-state index is 10.9. The number of thiol groups is 1. The van der Waals surface area contributed by atoms with Gasteiger partial charge in [0.25, 0.3) is 5.69 Å². The van der Waals surface area contributed by atoms with Crippen LogP contribution in [0, 0.1) is 15.5 Å². The highest BCUT2D eigenvalue weighted by Crippen LogP contribution is 2.39. The molecule has 0 saturated heterocycles. The Morgan fingerprint density at radius 1 is 1.35 bits per heavy atom. The molecule has 1 aliphatic carbocycles. The first-order valence-corrected chi connectivity index (χ1v) is 8.17. The highest BCUT2D eigenvalue weighted by atomic mass is 79.9. The first-order valence-electron chi connectivity index (χ1n) is 6.74. The molecule has 0 radical (unpaired) electrons. The molecule has 0 unspecified atom stereocenters. The molecule has 110 valence electrons. The zero-order valence-corrected chi connectivity index (χ0v) is 13.7. The van der Waals surface area contributed by atoms with Gasteiger partial charge < -0.3 is 4.74 Å². The van der Waals surface area contributed by atoms with E-state index in [-0.39, 0.29) is 11.1 Å². The Bertz CT molecular complexity index is 489. The molecule has 0 aromatic heterocycles. The molecule has 1 saturated carbocycles. The molecule has 0 N–H and O–H groups in total. The van der Waals surface area contributed by atoms with Crippen LogP contribution in [-0.2, 0) is 0 Å². The second kappa shape index (κ2) is 6.80. The van der Waals surface area contributed by atoms with Crippen molar-refractivity contribution in [1.29, 1.82) is 0 Å². The van der Waals surface area contributed by atoms with E-state index in [4.69, 9.17) is 4.74 Å². The molecule has 4 nitrogen and oxygen atoms in total. The summed E-state index contributed by atoms with van der Waals surface area (Å²) in [6.45, 7) is 0.566. The third-order valence-electron chi connectivity index (χ3n) is 3.92. The molecule has 2 rings (SSSR count). The van der Waals surface area contributed by atoms with Crippen molar-refractivity contribution in [1.82, 2.24) is 0 Å². The van der Waals surface area contributed by atoms with E-state index in [2.05, 4.69) is 28.6 Å². The summed E-state index contributed by atoms with van der Waals surface area (Å²) in [5.74, 6) is 1.32. The lowest BCUT2D eigenvalue weighted by Crippen LogP contribution is -2.33. The number of benzene rings is 1. The number of ether oxygens (including phenoxy) is 1. The Kier molecular flexibility index (Phi) is 5.32. The van der Waals surface area contributed by atoms with Crippen LogP contribution in [-0.4, -0.2) is 17.3 Å². The summed E-state index contributed by atoms with van der Waals surface area (Å²) in [7, 11) is 0. The zero-order chi connectivity index (χ0) is 14.6. The van der Waals surface area contributed by atoms with E-state index in [1.807, 2.05) is 0 Å². The Labute approximate surface area is 132 Å². The minimum atomic E-state index is -0.411. The van der Waals surface area contributed by atoms with Crippen LogP contribution in [0.3, 0.4) is 0 Å². The Morgan fingerprint density at radius 3 is 2.65 bits per heavy atom. The fraction of sp³-hybridized carbons (Fsp3) is 0.571. The molecule has 0 heterocycles. The highest BCUT2D eigenvalue weighted by Gasteiger charge is 2.32. The first kappa shape index (κ1) is 15.6. The van der Waals surface area contributed by atoms with Crippen LogP contribution in [0.2, 0.25) is 0 Å². The molecule has 0 atom stereocenters. The Morgan fingerprint density at radius 2 is 2.05 bits per heavy atom. The SMILES string of the molecule is O=[N+]([O-])c1cccc(OCC2(CS)CCCCC2)c1Br. The minimum absolute atomic E-state index is 0.0334. The van der Waals surface area contributed by atoms with Gasteiger partial charge in [0.2, 0.25) is 0 Å². The molecule has 1 fully saturated rings. The average molecular weight is 360 g/mol. The number of nitro groups is 1. The molecular formula is C14H18BrNO3S. The standard InChI is InChI=1S/C14H18BrNO3S/c15-13-11(16(17)18)5-4-6-12(13)19-9-14(10-20)7-2-1-3-8-14/h4-6,20H,1-3,7-10H2. The zero-order valence-electron chi connectivity index (χ0n) is 11.2. The molecular weight excluding hydrogens is 342 g/mol. The van der Waals surface area contributed by atoms with Crippen molar-refractivity contribution in [2.75, 3.05) is 12.4 Å². The third-order valence-corrected chi connectivity index (χ3v) is 5.39. The molecule has 1 aromatic rings. The molecule has 6 heteroatoms. The van der Waals surface area contributed by atoms with Gasteiger partial charge >= 0.3 is 0 Å². The van der Waals surface area contributed by atoms with Gasteiger partial charge in [-0.25, -0.2) is 0 Å². The monoisotopic (exact) mass is 359 g/mol. The normalized spacial score (nSPS) is 17.7. The van der Waals surface area contributed by atoms with E-state index in [9.17, 15) is 10.1 Å². The second-order valence-corrected chi connectivity index (χ2v) is 6.46. The van der Waals surface area contributed by atoms with Gasteiger partial charge in [0.15, 0.2) is 0 Å². The average Bonchev–Trinajstić information content (AvgIpc) is 2.47. The van der Waals surface area contributed by atoms with Gasteiger partial charge in [-0.3, -0.25) is 10.1 Å². The summed E-state index contributed by atoms with van der Waals surface area (Å²) in [5, 5.41) is 10.9. The van der Waals surface area contributed by atoms with E-state index in [1.165, 1.54) is 25.3 Å². The third kappa shape index (κ3) is 3.47. The summed E-state index contributed by atoms with van der Waals surface area (Å²) in [4.78, 5) is 10.5. The van der Waals surface area contributed by atoms with Gasteiger partial charge in [-0.2, -0.15) is 12.6 Å². The van der Waals surface area contributed by atoms with Gasteiger partial charge in [0.1, 0.15) is 10.2 Å². The van der Waals surface area contributed by atoms with E-state index in [0.717, 1.165) is 18.6 Å². The topological polar surface area (TPSA) is 52.4 Å². The fourth-order valence-electron chi connectivity index (χ4n) is 2.63. The number of halogens is 1. The van der Waals surface area contributed by atoms with Gasteiger partial charge in [-0.1, -0.05) is 25.3 Å². The van der Waals surface area contributed by atoms with Gasteiger partial charge in [-0.05, 0) is 40.6 Å². The molecule has 0 aliphatic heterocycles. The second-order valence-electron chi connectivity index (χ2n) is 5.35. The van der Waals surface area contributed by atoms with Crippen LogP contribution >= 0.6 is 28.6 Å². The van der Waals surface area contributed by atoms with Crippen LogP contribution in [0.25, 0.3) is 0 Å². The van der Waals surface area contributed by atoms with Crippen LogP contribution in [0.1, 0.15) is 32.1 Å². The predicted molar refractivity (Wildman–Crippen MR) is 85.7 cm³/mol. The summed E-state index contributed by atoms with van der Waals surface area (Å²) in [6.07, 6.45) is 5.92. The van der Waals surface area contributed by atoms with Gasteiger partial charge in [0.05, 0.1) is 11.5 Å². The van der Waals surface area contributed by atoms with Gasteiger partial charge in [-0.15, -0.1) is 0 Å². The summed E-state index contributed by atoms with van der Waals surface area (Å²) in [6, 6.07) is 4.87. The lowest BCUT2D eigenvalue weighted by atomic mass is 9.76. The van der Waals surface area contributed by atoms with Crippen LogP contribution in [0.15, 0.2) is 22.7 Å². The predicted octanol–water partition coefficient (Wildman–Crippen LogP) is 4.62. The molecule has 1 aliphatic rings. The molecule has 20 heavy (non-hydrogen) atoms. The van der Waals surface area contributed by atoms with Crippen molar-refractivity contribution in [2.24, 2.45) is 5.41 Å². The maximum atomic E-state index is 10.9. The minimum Gasteiger partial charge on any atom is -0.492 e. The highest BCUT2D eigenvalue weighted by molar-refractivity contribution is 9.10. The van der Waals surface area contributed by atoms with Crippen LogP contribution in [0.4, 0.5) is 5.69 Å². The summed E-state index contributed by atoms with van der Waals surface area (Å²) < 4.78 is 6.27. The quantitative estimate of drug-likeness (QED) is 0.474. The van der Waals surface area contributed by atoms with Crippen molar-refractivity contribution in [2.45, 2.75) is 32.1 Å². The summed E-state index contributed by atoms with van der Waals surface area (Å²) >= 11 is 7.74. The fourth-order valence-corrected chi connectivity index (χ4v) is 3.56. The maximum Gasteiger partial charge on any atom is 0.287 e. The lowest BCUT2D eigenvalue weighted by Gasteiger charge is -2.35. The van der Waals surface area contributed by atoms with Crippen molar-refractivity contribution >= 4 is 34.2 Å². The number of nitrogens with zero attached hydrogens (tertiary/aromatic N) is 1. The van der Waals surface area contributed by atoms with E-state index in [0.29, 0.717) is 16.8 Å². The van der Waals surface area contributed by atoms with E-state index < -0.39 is 4.92 Å². The largest absolute Gasteiger partial charge is 0.492 e. The van der Waals surface area contributed by atoms with Crippen molar-refractivity contribution in [3.05, 3.63) is 32.8 Å². The van der Waals surface area contributed by atoms with Gasteiger partial charge in [0, 0.05) is 11.5 Å². The van der Waals surface area contributed by atoms with E-state index >= 15 is 0 Å². The molecule has 0 spiro atoms. The number of nitro benzene ring substituents is 1. The van der Waals surface area contributed by atoms with Crippen molar-refractivity contribution in [3.8, 4) is 5.75 Å². The first-order chi connectivity index (χ1) is 9.58. The summed E-state index contributed by atoms with van der Waals surface area (Å²) in [5.41, 5.74) is 0.136. The molecule has 0 amide bonds. The van der Waals surface area contributed by atoms with E-state index in [1.54, 1.807) is 12.1 Å². The number of hydrogen-bond donors (Lipinski definition) is 1. The molecule has 0 bridgehead atoms. The number of rotatable bonds is 5. The molecule has 1 aromatic carbocycles. The van der Waals surface area contributed by atoms with Crippen LogP contribution in [0.5, 0.6) is 5.75 Å².